The van der Waals surface area contributed by atoms with Gasteiger partial charge in [-0.15, -0.1) is 0 Å². The summed E-state index contributed by atoms with van der Waals surface area (Å²) in [6.07, 6.45) is 7.70. The molecule has 3 rings (SSSR count). The Kier molecular flexibility index (Phi) is 6.85. The quantitative estimate of drug-likeness (QED) is 0.383. The van der Waals surface area contributed by atoms with E-state index in [-0.39, 0.29) is 5.78 Å². The van der Waals surface area contributed by atoms with E-state index in [0.717, 1.165) is 35.6 Å². The molecule has 5 nitrogen and oxygen atoms in total. The predicted molar refractivity (Wildman–Crippen MR) is 114 cm³/mol. The minimum atomic E-state index is -0.0747. The zero-order valence-electron chi connectivity index (χ0n) is 17.1. The maximum atomic E-state index is 12.3. The van der Waals surface area contributed by atoms with Crippen molar-refractivity contribution in [1.29, 1.82) is 0 Å². The fourth-order valence-corrected chi connectivity index (χ4v) is 2.93. The number of hydrogen-bond acceptors (Lipinski definition) is 4. The topological polar surface area (TPSA) is 53.3 Å². The third kappa shape index (κ3) is 5.35. The lowest BCUT2D eigenvalue weighted by atomic mass is 10.1. The van der Waals surface area contributed by atoms with E-state index in [1.165, 1.54) is 5.56 Å². The predicted octanol–water partition coefficient (Wildman–Crippen LogP) is 4.95. The maximum Gasteiger partial charge on any atom is 0.189 e. The zero-order valence-corrected chi connectivity index (χ0v) is 17.1. The fourth-order valence-electron chi connectivity index (χ4n) is 2.93. The first-order valence-corrected chi connectivity index (χ1v) is 9.76. The van der Waals surface area contributed by atoms with Crippen molar-refractivity contribution in [3.8, 4) is 11.5 Å². The number of aryl methyl sites for hydroxylation is 2. The summed E-state index contributed by atoms with van der Waals surface area (Å²) < 4.78 is 13.1. The average molecular weight is 390 g/mol. The van der Waals surface area contributed by atoms with E-state index in [4.69, 9.17) is 9.47 Å². The van der Waals surface area contributed by atoms with Crippen molar-refractivity contribution in [1.82, 2.24) is 9.78 Å². The van der Waals surface area contributed by atoms with Crippen LogP contribution in [-0.2, 0) is 19.6 Å². The molecule has 5 heteroatoms. The largest absolute Gasteiger partial charge is 0.496 e. The van der Waals surface area contributed by atoms with Crippen LogP contribution in [0, 0.1) is 0 Å². The van der Waals surface area contributed by atoms with Gasteiger partial charge in [0.15, 0.2) is 5.78 Å². The Morgan fingerprint density at radius 1 is 1.14 bits per heavy atom. The molecule has 0 fully saturated rings. The van der Waals surface area contributed by atoms with E-state index < -0.39 is 0 Å². The molecule has 0 saturated carbocycles. The van der Waals surface area contributed by atoms with Gasteiger partial charge in [-0.2, -0.15) is 5.10 Å². The standard InChI is InChI=1S/C24H26N2O3/c1-4-18-6-10-22(11-7-18)29-17-20-14-19(9-13-24(20)28-3)8-12-23(27)21-15-25-26(5-2)16-21/h6-16H,4-5,17H2,1-3H3/b12-8+. The Hall–Kier alpha value is -3.34. The Morgan fingerprint density at radius 2 is 1.93 bits per heavy atom. The smallest absolute Gasteiger partial charge is 0.189 e. The van der Waals surface area contributed by atoms with Gasteiger partial charge in [-0.05, 0) is 54.8 Å². The molecule has 1 aromatic heterocycles. The molecule has 0 amide bonds. The number of nitrogens with zero attached hydrogens (tertiary/aromatic N) is 2. The lowest BCUT2D eigenvalue weighted by Gasteiger charge is -2.11. The Balaban J connectivity index is 1.70. The number of carbonyl (C=O) groups is 1. The molecule has 0 radical (unpaired) electrons. The van der Waals surface area contributed by atoms with Gasteiger partial charge in [0.2, 0.25) is 0 Å². The van der Waals surface area contributed by atoms with Gasteiger partial charge < -0.3 is 9.47 Å². The lowest BCUT2D eigenvalue weighted by molar-refractivity contribution is 0.104. The molecule has 0 aliphatic rings. The normalized spacial score (nSPS) is 11.0. The molecular weight excluding hydrogens is 364 g/mol. The highest BCUT2D eigenvalue weighted by Crippen LogP contribution is 2.23. The van der Waals surface area contributed by atoms with Gasteiger partial charge in [0, 0.05) is 18.3 Å². The number of aromatic nitrogens is 2. The van der Waals surface area contributed by atoms with Crippen molar-refractivity contribution in [2.45, 2.75) is 33.4 Å². The molecule has 0 atom stereocenters. The summed E-state index contributed by atoms with van der Waals surface area (Å²) in [4.78, 5) is 12.3. The molecule has 0 aliphatic heterocycles. The zero-order chi connectivity index (χ0) is 20.6. The van der Waals surface area contributed by atoms with E-state index in [0.29, 0.717) is 12.2 Å². The van der Waals surface area contributed by atoms with Crippen LogP contribution in [0.25, 0.3) is 6.08 Å². The van der Waals surface area contributed by atoms with Crippen LogP contribution in [-0.4, -0.2) is 22.7 Å². The summed E-state index contributed by atoms with van der Waals surface area (Å²) in [5.41, 5.74) is 3.68. The van der Waals surface area contributed by atoms with Crippen LogP contribution in [0.1, 0.15) is 40.9 Å². The highest BCUT2D eigenvalue weighted by atomic mass is 16.5. The highest BCUT2D eigenvalue weighted by Gasteiger charge is 2.07. The van der Waals surface area contributed by atoms with E-state index in [2.05, 4.69) is 24.2 Å². The first-order valence-electron chi connectivity index (χ1n) is 9.76. The Bertz CT molecular complexity index is 988. The van der Waals surface area contributed by atoms with Crippen molar-refractivity contribution in [2.24, 2.45) is 0 Å². The molecule has 0 N–H and O–H groups in total. The lowest BCUT2D eigenvalue weighted by Crippen LogP contribution is -1.99. The van der Waals surface area contributed by atoms with Gasteiger partial charge in [0.05, 0.1) is 18.9 Å². The van der Waals surface area contributed by atoms with Gasteiger partial charge >= 0.3 is 0 Å². The first-order chi connectivity index (χ1) is 14.1. The van der Waals surface area contributed by atoms with Crippen molar-refractivity contribution in [3.05, 3.63) is 83.2 Å². The Labute approximate surface area is 171 Å². The summed E-state index contributed by atoms with van der Waals surface area (Å²) in [5.74, 6) is 1.49. The van der Waals surface area contributed by atoms with E-state index in [1.807, 2.05) is 37.3 Å². The van der Waals surface area contributed by atoms with Crippen LogP contribution in [0.2, 0.25) is 0 Å². The summed E-state index contributed by atoms with van der Waals surface area (Å²) in [6.45, 7) is 5.23. The highest BCUT2D eigenvalue weighted by molar-refractivity contribution is 6.06. The van der Waals surface area contributed by atoms with Crippen LogP contribution in [0.4, 0.5) is 0 Å². The second-order valence-electron chi connectivity index (χ2n) is 6.64. The van der Waals surface area contributed by atoms with E-state index >= 15 is 0 Å². The SMILES string of the molecule is CCc1ccc(OCc2cc(/C=C/C(=O)c3cnn(CC)c3)ccc2OC)cc1. The molecule has 29 heavy (non-hydrogen) atoms. The summed E-state index contributed by atoms with van der Waals surface area (Å²) in [6, 6.07) is 13.9. The van der Waals surface area contributed by atoms with Crippen molar-refractivity contribution >= 4 is 11.9 Å². The minimum absolute atomic E-state index is 0.0747. The van der Waals surface area contributed by atoms with Gasteiger partial charge in [-0.25, -0.2) is 0 Å². The number of allylic oxidation sites excluding steroid dienone is 1. The fraction of sp³-hybridized carbons (Fsp3) is 0.250. The van der Waals surface area contributed by atoms with Gasteiger partial charge in [-0.3, -0.25) is 9.48 Å². The Morgan fingerprint density at radius 3 is 2.59 bits per heavy atom. The average Bonchev–Trinajstić information content (AvgIpc) is 3.26. The third-order valence-corrected chi connectivity index (χ3v) is 4.70. The number of methoxy groups -OCH3 is 1. The van der Waals surface area contributed by atoms with Crippen LogP contribution >= 0.6 is 0 Å². The number of carbonyl (C=O) groups excluding carboxylic acids is 1. The minimum Gasteiger partial charge on any atom is -0.496 e. The van der Waals surface area contributed by atoms with Gasteiger partial charge in [-0.1, -0.05) is 31.2 Å². The van der Waals surface area contributed by atoms with Crippen LogP contribution < -0.4 is 9.47 Å². The summed E-state index contributed by atoms with van der Waals surface area (Å²) >= 11 is 0. The summed E-state index contributed by atoms with van der Waals surface area (Å²) in [7, 11) is 1.64. The number of hydrogen-bond donors (Lipinski definition) is 0. The van der Waals surface area contributed by atoms with Crippen molar-refractivity contribution in [2.75, 3.05) is 7.11 Å². The monoisotopic (exact) mass is 390 g/mol. The van der Waals surface area contributed by atoms with Crippen LogP contribution in [0.3, 0.4) is 0 Å². The molecule has 0 bridgehead atoms. The van der Waals surface area contributed by atoms with E-state index in [1.54, 1.807) is 36.3 Å². The van der Waals surface area contributed by atoms with Crippen LogP contribution in [0.5, 0.6) is 11.5 Å². The first kappa shape index (κ1) is 20.4. The molecule has 0 saturated heterocycles. The second-order valence-corrected chi connectivity index (χ2v) is 6.64. The molecule has 0 aliphatic carbocycles. The van der Waals surface area contributed by atoms with E-state index in [9.17, 15) is 4.79 Å². The van der Waals surface area contributed by atoms with Crippen LogP contribution in [0.15, 0.2) is 60.9 Å². The number of ketones is 1. The molecule has 0 unspecified atom stereocenters. The third-order valence-electron chi connectivity index (χ3n) is 4.70. The molecule has 150 valence electrons. The molecule has 0 spiro atoms. The molecular formula is C24H26N2O3. The maximum absolute atomic E-state index is 12.3. The molecule has 3 aromatic rings. The summed E-state index contributed by atoms with van der Waals surface area (Å²) in [5, 5.41) is 4.14. The number of benzene rings is 2. The number of rotatable bonds is 9. The molecule has 2 aromatic carbocycles. The van der Waals surface area contributed by atoms with Gasteiger partial charge in [0.1, 0.15) is 18.1 Å². The molecule has 1 heterocycles. The second kappa shape index (κ2) is 9.73. The van der Waals surface area contributed by atoms with Crippen molar-refractivity contribution in [3.63, 3.8) is 0 Å². The van der Waals surface area contributed by atoms with Crippen molar-refractivity contribution < 1.29 is 14.3 Å². The van der Waals surface area contributed by atoms with Gasteiger partial charge in [0.25, 0.3) is 0 Å². The number of ether oxygens (including phenoxy) is 2.